The fourth-order valence-corrected chi connectivity index (χ4v) is 2.12. The van der Waals surface area contributed by atoms with Crippen LogP contribution in [0.3, 0.4) is 0 Å². The topological polar surface area (TPSA) is 64.6 Å². The zero-order valence-corrected chi connectivity index (χ0v) is 14.1. The molecule has 0 saturated carbocycles. The van der Waals surface area contributed by atoms with E-state index in [0.717, 1.165) is 22.4 Å². The third-order valence-corrected chi connectivity index (χ3v) is 3.70. The predicted octanol–water partition coefficient (Wildman–Crippen LogP) is 2.79. The highest BCUT2D eigenvalue weighted by molar-refractivity contribution is 5.91. The van der Waals surface area contributed by atoms with Crippen LogP contribution in [0.4, 0.5) is 0 Å². The number of hydrogen-bond donors (Lipinski definition) is 1. The summed E-state index contributed by atoms with van der Waals surface area (Å²) in [6, 6.07) is 12.7. The fourth-order valence-electron chi connectivity index (χ4n) is 2.12. The van der Waals surface area contributed by atoms with Crippen LogP contribution in [-0.2, 0) is 16.1 Å². The zero-order valence-electron chi connectivity index (χ0n) is 14.1. The highest BCUT2D eigenvalue weighted by atomic mass is 16.5. The summed E-state index contributed by atoms with van der Waals surface area (Å²) in [7, 11) is 1.59. The maximum absolute atomic E-state index is 12.0. The van der Waals surface area contributed by atoms with E-state index in [9.17, 15) is 9.59 Å². The van der Waals surface area contributed by atoms with Crippen LogP contribution >= 0.6 is 0 Å². The van der Waals surface area contributed by atoms with Gasteiger partial charge in [-0.25, -0.2) is 4.79 Å². The number of esters is 1. The molecule has 5 heteroatoms. The Morgan fingerprint density at radius 2 is 1.83 bits per heavy atom. The molecule has 5 nitrogen and oxygen atoms in total. The normalized spacial score (nSPS) is 10.1. The molecule has 0 aliphatic rings. The third kappa shape index (κ3) is 4.84. The minimum Gasteiger partial charge on any atom is -0.497 e. The minimum absolute atomic E-state index is 0.310. The first kappa shape index (κ1) is 17.5. The summed E-state index contributed by atoms with van der Waals surface area (Å²) < 4.78 is 10.2. The molecule has 0 bridgehead atoms. The van der Waals surface area contributed by atoms with Gasteiger partial charge in [0.2, 0.25) is 0 Å². The first-order valence-electron chi connectivity index (χ1n) is 7.63. The third-order valence-electron chi connectivity index (χ3n) is 3.70. The van der Waals surface area contributed by atoms with Gasteiger partial charge in [-0.3, -0.25) is 4.79 Å². The molecule has 0 aliphatic carbocycles. The summed E-state index contributed by atoms with van der Waals surface area (Å²) in [5, 5.41) is 2.71. The second kappa shape index (κ2) is 8.15. The summed E-state index contributed by atoms with van der Waals surface area (Å²) in [6.07, 6.45) is 0. The van der Waals surface area contributed by atoms with Crippen LogP contribution in [0.25, 0.3) is 0 Å². The van der Waals surface area contributed by atoms with E-state index in [1.807, 2.05) is 44.2 Å². The summed E-state index contributed by atoms with van der Waals surface area (Å²) in [6.45, 7) is 3.93. The number of carbonyl (C=O) groups excluding carboxylic acids is 2. The van der Waals surface area contributed by atoms with E-state index < -0.39 is 5.97 Å². The Balaban J connectivity index is 1.82. The lowest BCUT2D eigenvalue weighted by molar-refractivity contribution is -0.124. The number of hydrogen-bond acceptors (Lipinski definition) is 4. The van der Waals surface area contributed by atoms with Crippen LogP contribution in [0.2, 0.25) is 0 Å². The van der Waals surface area contributed by atoms with E-state index >= 15 is 0 Å². The lowest BCUT2D eigenvalue weighted by atomic mass is 10.1. The molecule has 126 valence electrons. The van der Waals surface area contributed by atoms with Crippen molar-refractivity contribution in [3.63, 3.8) is 0 Å². The molecule has 1 N–H and O–H groups in total. The number of carbonyl (C=O) groups is 2. The Hall–Kier alpha value is -2.82. The summed E-state index contributed by atoms with van der Waals surface area (Å²) in [4.78, 5) is 23.8. The van der Waals surface area contributed by atoms with Crippen molar-refractivity contribution >= 4 is 11.9 Å². The molecule has 2 rings (SSSR count). The van der Waals surface area contributed by atoms with Gasteiger partial charge in [-0.2, -0.15) is 0 Å². The van der Waals surface area contributed by atoms with E-state index in [1.165, 1.54) is 0 Å². The van der Waals surface area contributed by atoms with Crippen molar-refractivity contribution in [1.29, 1.82) is 0 Å². The second-order valence-corrected chi connectivity index (χ2v) is 5.50. The summed E-state index contributed by atoms with van der Waals surface area (Å²) in [5.74, 6) is -0.132. The predicted molar refractivity (Wildman–Crippen MR) is 91.0 cm³/mol. The molecule has 0 radical (unpaired) electrons. The molecule has 0 aliphatic heterocycles. The average Bonchev–Trinajstić information content (AvgIpc) is 2.60. The quantitative estimate of drug-likeness (QED) is 0.829. The van der Waals surface area contributed by atoms with Gasteiger partial charge in [0.15, 0.2) is 6.61 Å². The number of aryl methyl sites for hydroxylation is 2. The maximum atomic E-state index is 12.0. The number of ether oxygens (including phenoxy) is 2. The van der Waals surface area contributed by atoms with Gasteiger partial charge in [0.05, 0.1) is 12.7 Å². The van der Waals surface area contributed by atoms with Crippen molar-refractivity contribution < 1.29 is 19.1 Å². The van der Waals surface area contributed by atoms with Crippen LogP contribution in [0.5, 0.6) is 5.75 Å². The van der Waals surface area contributed by atoms with Crippen molar-refractivity contribution in [2.24, 2.45) is 0 Å². The Bertz CT molecular complexity index is 740. The Labute approximate surface area is 141 Å². The van der Waals surface area contributed by atoms with Crippen molar-refractivity contribution in [2.45, 2.75) is 20.4 Å². The van der Waals surface area contributed by atoms with E-state index in [0.29, 0.717) is 12.1 Å². The van der Waals surface area contributed by atoms with Gasteiger partial charge in [0.25, 0.3) is 5.91 Å². The Kier molecular flexibility index (Phi) is 5.95. The molecule has 0 aromatic heterocycles. The minimum atomic E-state index is -0.505. The smallest absolute Gasteiger partial charge is 0.338 e. The average molecular weight is 327 g/mol. The molecular weight excluding hydrogens is 306 g/mol. The largest absolute Gasteiger partial charge is 0.497 e. The molecule has 2 aromatic rings. The number of amides is 1. The summed E-state index contributed by atoms with van der Waals surface area (Å²) in [5.41, 5.74) is 3.45. The molecule has 0 unspecified atom stereocenters. The van der Waals surface area contributed by atoms with Gasteiger partial charge < -0.3 is 14.8 Å². The van der Waals surface area contributed by atoms with Crippen molar-refractivity contribution in [3.05, 3.63) is 64.7 Å². The van der Waals surface area contributed by atoms with Gasteiger partial charge in [-0.15, -0.1) is 0 Å². The number of benzene rings is 2. The maximum Gasteiger partial charge on any atom is 0.338 e. The van der Waals surface area contributed by atoms with Crippen LogP contribution in [0.15, 0.2) is 42.5 Å². The standard InChI is InChI=1S/C19H21NO4/c1-13-7-8-16(9-14(13)2)19(22)24-12-18(21)20-11-15-5-4-6-17(10-15)23-3/h4-10H,11-12H2,1-3H3,(H,20,21). The molecule has 0 fully saturated rings. The molecule has 2 aromatic carbocycles. The van der Waals surface area contributed by atoms with E-state index in [-0.39, 0.29) is 12.5 Å². The van der Waals surface area contributed by atoms with Crippen molar-refractivity contribution in [2.75, 3.05) is 13.7 Å². The van der Waals surface area contributed by atoms with Gasteiger partial charge in [-0.1, -0.05) is 18.2 Å². The Morgan fingerprint density at radius 3 is 2.54 bits per heavy atom. The number of rotatable bonds is 6. The van der Waals surface area contributed by atoms with Gasteiger partial charge >= 0.3 is 5.97 Å². The molecule has 0 saturated heterocycles. The van der Waals surface area contributed by atoms with Crippen LogP contribution in [0.1, 0.15) is 27.0 Å². The first-order chi connectivity index (χ1) is 11.5. The van der Waals surface area contributed by atoms with Crippen molar-refractivity contribution in [3.8, 4) is 5.75 Å². The molecule has 0 atom stereocenters. The van der Waals surface area contributed by atoms with Gasteiger partial charge in [-0.05, 0) is 54.8 Å². The first-order valence-corrected chi connectivity index (χ1v) is 7.63. The highest BCUT2D eigenvalue weighted by Crippen LogP contribution is 2.12. The van der Waals surface area contributed by atoms with Gasteiger partial charge in [0.1, 0.15) is 5.75 Å². The summed E-state index contributed by atoms with van der Waals surface area (Å²) >= 11 is 0. The van der Waals surface area contributed by atoms with E-state index in [1.54, 1.807) is 19.2 Å². The zero-order chi connectivity index (χ0) is 17.5. The number of nitrogens with one attached hydrogen (secondary N) is 1. The second-order valence-electron chi connectivity index (χ2n) is 5.50. The highest BCUT2D eigenvalue weighted by Gasteiger charge is 2.11. The SMILES string of the molecule is COc1cccc(CNC(=O)COC(=O)c2ccc(C)c(C)c2)c1. The molecular formula is C19H21NO4. The van der Waals surface area contributed by atoms with Crippen molar-refractivity contribution in [1.82, 2.24) is 5.32 Å². The molecule has 0 heterocycles. The fraction of sp³-hybridized carbons (Fsp3) is 0.263. The Morgan fingerprint density at radius 1 is 1.04 bits per heavy atom. The molecule has 0 spiro atoms. The lowest BCUT2D eigenvalue weighted by Gasteiger charge is -2.08. The monoisotopic (exact) mass is 327 g/mol. The van der Waals surface area contributed by atoms with Crippen LogP contribution in [0, 0.1) is 13.8 Å². The van der Waals surface area contributed by atoms with Gasteiger partial charge in [0, 0.05) is 6.54 Å². The van der Waals surface area contributed by atoms with E-state index in [4.69, 9.17) is 9.47 Å². The lowest BCUT2D eigenvalue weighted by Crippen LogP contribution is -2.28. The molecule has 24 heavy (non-hydrogen) atoms. The number of methoxy groups -OCH3 is 1. The molecule has 1 amide bonds. The van der Waals surface area contributed by atoms with Crippen LogP contribution in [-0.4, -0.2) is 25.6 Å². The van der Waals surface area contributed by atoms with Crippen LogP contribution < -0.4 is 10.1 Å². The van der Waals surface area contributed by atoms with E-state index in [2.05, 4.69) is 5.32 Å².